The van der Waals surface area contributed by atoms with E-state index in [1.807, 2.05) is 19.9 Å². The molecule has 0 saturated carbocycles. The number of hydrogen-bond acceptors (Lipinski definition) is 8. The molecule has 0 unspecified atom stereocenters. The second-order valence-electron chi connectivity index (χ2n) is 9.95. The Hall–Kier alpha value is -4.78. The molecule has 0 spiro atoms. The van der Waals surface area contributed by atoms with Gasteiger partial charge in [0, 0.05) is 26.7 Å². The Kier molecular flexibility index (Phi) is 7.17. The molecule has 0 fully saturated rings. The van der Waals surface area contributed by atoms with Gasteiger partial charge in [-0.15, -0.1) is 0 Å². The molecule has 4 rings (SSSR count). The zero-order chi connectivity index (χ0) is 42.3. The molecule has 3 aromatic carbocycles. The normalized spacial score (nSPS) is 18.3. The van der Waals surface area contributed by atoms with Gasteiger partial charge in [-0.3, -0.25) is 19.2 Å². The van der Waals surface area contributed by atoms with Crippen LogP contribution in [0.25, 0.3) is 0 Å². The van der Waals surface area contributed by atoms with Crippen molar-refractivity contribution in [3.63, 3.8) is 0 Å². The number of carbonyl (C=O) groups is 4. The number of carbonyl (C=O) groups excluding carboxylic acids is 4. The van der Waals surface area contributed by atoms with Crippen molar-refractivity contribution < 1.29 is 51.8 Å². The van der Waals surface area contributed by atoms with Crippen LogP contribution in [0, 0.1) is 13.8 Å². The topological polar surface area (TPSA) is 145 Å². The molecule has 12 nitrogen and oxygen atoms in total. The van der Waals surface area contributed by atoms with Gasteiger partial charge in [0.2, 0.25) is 17.6 Å². The standard InChI is InChI=1S/C33H37BrN4O8/c1-8-38(9-2)27(39)16-24-33(42)35-22-15-23(36-32(41)21-14-26(43-5)29(44-6)30(45-7)28(21)34)25(13-20(22)31(40)37-24)46-19-11-17(3)10-18(4)12-19/h10-15,24H,8-9,16H2,1-7H3,(H,35,42)(H,36,41)(H,37,40)/t24-/m0/s1/i1D3,2D3,8D2,9D2. The predicted octanol–water partition coefficient (Wildman–Crippen LogP) is 5.45. The molecule has 3 aromatic rings. The average Bonchev–Trinajstić information content (AvgIpc) is 3.17. The van der Waals surface area contributed by atoms with Gasteiger partial charge in [-0.1, -0.05) is 6.07 Å². The quantitative estimate of drug-likeness (QED) is 0.239. The van der Waals surface area contributed by atoms with Crippen LogP contribution in [0.5, 0.6) is 28.7 Å². The van der Waals surface area contributed by atoms with E-state index < -0.39 is 67.7 Å². The van der Waals surface area contributed by atoms with Gasteiger partial charge in [0.05, 0.1) is 54.7 Å². The van der Waals surface area contributed by atoms with Crippen LogP contribution < -0.4 is 34.9 Å². The number of amides is 4. The number of fused-ring (bicyclic) bond motifs is 1. The highest BCUT2D eigenvalue weighted by Crippen LogP contribution is 2.45. The van der Waals surface area contributed by atoms with E-state index in [0.29, 0.717) is 5.75 Å². The first-order valence-corrected chi connectivity index (χ1v) is 14.3. The summed E-state index contributed by atoms with van der Waals surface area (Å²) in [5.41, 5.74) is 1.12. The van der Waals surface area contributed by atoms with E-state index in [1.54, 1.807) is 12.1 Å². The molecule has 13 heteroatoms. The Labute approximate surface area is 289 Å². The molecular formula is C33H37BrN4O8. The number of halogens is 1. The van der Waals surface area contributed by atoms with E-state index in [4.69, 9.17) is 32.7 Å². The van der Waals surface area contributed by atoms with Crippen LogP contribution in [0.1, 0.15) is 65.7 Å². The molecule has 0 saturated heterocycles. The summed E-state index contributed by atoms with van der Waals surface area (Å²) >= 11 is 3.36. The summed E-state index contributed by atoms with van der Waals surface area (Å²) in [4.78, 5) is 54.1. The van der Waals surface area contributed by atoms with Gasteiger partial charge in [0.15, 0.2) is 17.2 Å². The Morgan fingerprint density at radius 2 is 1.63 bits per heavy atom. The van der Waals surface area contributed by atoms with Crippen LogP contribution in [0.4, 0.5) is 11.4 Å². The highest BCUT2D eigenvalue weighted by molar-refractivity contribution is 9.10. The molecule has 3 N–H and O–H groups in total. The number of methoxy groups -OCH3 is 3. The molecule has 244 valence electrons. The number of hydrogen-bond donors (Lipinski definition) is 3. The molecule has 0 bridgehead atoms. The highest BCUT2D eigenvalue weighted by atomic mass is 79.9. The summed E-state index contributed by atoms with van der Waals surface area (Å²) in [6.07, 6.45) is -1.26. The maximum Gasteiger partial charge on any atom is 0.257 e. The van der Waals surface area contributed by atoms with Crippen molar-refractivity contribution in [2.45, 2.75) is 40.0 Å². The third-order valence-electron chi connectivity index (χ3n) is 6.78. The van der Waals surface area contributed by atoms with Gasteiger partial charge < -0.3 is 39.8 Å². The molecule has 46 heavy (non-hydrogen) atoms. The molecule has 1 atom stereocenters. The number of anilines is 2. The van der Waals surface area contributed by atoms with E-state index in [9.17, 15) is 19.2 Å². The van der Waals surface area contributed by atoms with Crippen molar-refractivity contribution >= 4 is 50.9 Å². The lowest BCUT2D eigenvalue weighted by Crippen LogP contribution is -2.45. The van der Waals surface area contributed by atoms with E-state index >= 15 is 0 Å². The van der Waals surface area contributed by atoms with Gasteiger partial charge in [0.1, 0.15) is 11.8 Å². The monoisotopic (exact) mass is 706 g/mol. The Balaban J connectivity index is 1.79. The van der Waals surface area contributed by atoms with Crippen LogP contribution in [-0.2, 0) is 9.59 Å². The largest absolute Gasteiger partial charge is 0.493 e. The number of benzene rings is 3. The summed E-state index contributed by atoms with van der Waals surface area (Å²) in [5.74, 6) is -3.93. The zero-order valence-corrected chi connectivity index (χ0v) is 26.9. The predicted molar refractivity (Wildman–Crippen MR) is 177 cm³/mol. The van der Waals surface area contributed by atoms with Gasteiger partial charge in [-0.2, -0.15) is 0 Å². The van der Waals surface area contributed by atoms with E-state index in [2.05, 4.69) is 31.9 Å². The average molecular weight is 708 g/mol. The third-order valence-corrected chi connectivity index (χ3v) is 7.57. The second-order valence-corrected chi connectivity index (χ2v) is 10.7. The maximum absolute atomic E-state index is 13.9. The number of aryl methyl sites for hydroxylation is 2. The van der Waals surface area contributed by atoms with Crippen LogP contribution in [0.3, 0.4) is 0 Å². The third kappa shape index (κ3) is 7.20. The van der Waals surface area contributed by atoms with Crippen LogP contribution >= 0.6 is 15.9 Å². The van der Waals surface area contributed by atoms with E-state index in [0.717, 1.165) is 11.1 Å². The lowest BCUT2D eigenvalue weighted by Gasteiger charge is -2.21. The molecule has 1 heterocycles. The Morgan fingerprint density at radius 3 is 2.24 bits per heavy atom. The molecular weight excluding hydrogens is 660 g/mol. The van der Waals surface area contributed by atoms with Crippen molar-refractivity contribution in [1.29, 1.82) is 0 Å². The maximum atomic E-state index is 13.9. The lowest BCUT2D eigenvalue weighted by atomic mass is 10.1. The van der Waals surface area contributed by atoms with Crippen molar-refractivity contribution in [3.8, 4) is 28.7 Å². The summed E-state index contributed by atoms with van der Waals surface area (Å²) in [6, 6.07) is 7.12. The minimum Gasteiger partial charge on any atom is -0.493 e. The van der Waals surface area contributed by atoms with Gasteiger partial charge >= 0.3 is 0 Å². The number of rotatable bonds is 11. The number of ether oxygens (including phenoxy) is 4. The molecule has 4 amide bonds. The molecule has 0 aliphatic carbocycles. The SMILES string of the molecule is [2H]C([2H])([2H])C([2H])([2H])N(C(=O)C[C@@H]1NC(=O)c2cc(Oc3cc(C)cc(C)c3)c(NC(=O)c3cc(OC)c(OC)c(OC)c3Br)cc2NC1=O)C([2H])([2H])C([2H])([2H])[2H]. The van der Waals surface area contributed by atoms with Gasteiger partial charge in [0.25, 0.3) is 11.8 Å². The Bertz CT molecular complexity index is 2030. The zero-order valence-electron chi connectivity index (χ0n) is 35.3. The fourth-order valence-electron chi connectivity index (χ4n) is 4.73. The van der Waals surface area contributed by atoms with Crippen molar-refractivity contribution in [1.82, 2.24) is 10.2 Å². The lowest BCUT2D eigenvalue weighted by molar-refractivity contribution is -0.133. The fourth-order valence-corrected chi connectivity index (χ4v) is 5.37. The fraction of sp³-hybridized carbons (Fsp3) is 0.333. The minimum atomic E-state index is -3.88. The first kappa shape index (κ1) is 22.7. The summed E-state index contributed by atoms with van der Waals surface area (Å²) < 4.78 is 100. The van der Waals surface area contributed by atoms with E-state index in [1.165, 1.54) is 39.5 Å². The molecule has 1 aliphatic heterocycles. The number of nitrogens with zero attached hydrogens (tertiary/aromatic N) is 1. The second kappa shape index (κ2) is 14.5. The Morgan fingerprint density at radius 1 is 0.957 bits per heavy atom. The van der Waals surface area contributed by atoms with E-state index in [-0.39, 0.29) is 50.0 Å². The first-order chi connectivity index (χ1) is 25.8. The van der Waals surface area contributed by atoms with Gasteiger partial charge in [-0.25, -0.2) is 0 Å². The van der Waals surface area contributed by atoms with Crippen LogP contribution in [-0.4, -0.2) is 68.9 Å². The summed E-state index contributed by atoms with van der Waals surface area (Å²) in [5, 5.41) is 7.41. The highest BCUT2D eigenvalue weighted by Gasteiger charge is 2.32. The smallest absolute Gasteiger partial charge is 0.257 e. The molecule has 0 radical (unpaired) electrons. The van der Waals surface area contributed by atoms with Crippen molar-refractivity contribution in [2.24, 2.45) is 0 Å². The van der Waals surface area contributed by atoms with Crippen LogP contribution in [0.2, 0.25) is 0 Å². The summed E-state index contributed by atoms with van der Waals surface area (Å²) in [7, 11) is 4.09. The van der Waals surface area contributed by atoms with Crippen LogP contribution in [0.15, 0.2) is 40.9 Å². The number of nitrogens with one attached hydrogen (secondary N) is 3. The van der Waals surface area contributed by atoms with Crippen molar-refractivity contribution in [3.05, 3.63) is 63.1 Å². The first-order valence-electron chi connectivity index (χ1n) is 18.5. The molecule has 0 aromatic heterocycles. The van der Waals surface area contributed by atoms with Gasteiger partial charge in [-0.05, 0) is 84.9 Å². The summed E-state index contributed by atoms with van der Waals surface area (Å²) in [6.45, 7) is -11.6. The molecule has 1 aliphatic rings. The van der Waals surface area contributed by atoms with Crippen molar-refractivity contribution in [2.75, 3.05) is 45.0 Å². The minimum absolute atomic E-state index is 0.00513.